The van der Waals surface area contributed by atoms with Crippen LogP contribution in [-0.4, -0.2) is 44.9 Å². The minimum atomic E-state index is -3.91. The maximum Gasteiger partial charge on any atom is 0.338 e. The van der Waals surface area contributed by atoms with Crippen molar-refractivity contribution in [2.24, 2.45) is 0 Å². The van der Waals surface area contributed by atoms with Gasteiger partial charge in [0, 0.05) is 28.2 Å². The van der Waals surface area contributed by atoms with Crippen LogP contribution in [0.5, 0.6) is 5.75 Å². The van der Waals surface area contributed by atoms with Gasteiger partial charge in [-0.2, -0.15) is 0 Å². The Morgan fingerprint density at radius 1 is 1.13 bits per heavy atom. The van der Waals surface area contributed by atoms with Crippen molar-refractivity contribution in [3.8, 4) is 5.75 Å². The molecule has 0 atom stereocenters. The monoisotopic (exact) mass is 444 g/mol. The normalized spacial score (nSPS) is 11.6. The molecule has 0 spiro atoms. The number of nitrogens with one attached hydrogen (secondary N) is 2. The summed E-state index contributed by atoms with van der Waals surface area (Å²) in [7, 11) is -2.57. The van der Waals surface area contributed by atoms with Crippen molar-refractivity contribution in [1.29, 1.82) is 0 Å². The number of hydrogen-bond donors (Lipinski definition) is 2. The van der Waals surface area contributed by atoms with Crippen LogP contribution in [0.3, 0.4) is 0 Å². The number of methoxy groups -OCH3 is 1. The fraction of sp³-hybridized carbons (Fsp3) is 0.273. The van der Waals surface area contributed by atoms with E-state index in [4.69, 9.17) is 9.47 Å². The third-order valence-corrected chi connectivity index (χ3v) is 6.27. The van der Waals surface area contributed by atoms with Gasteiger partial charge in [0.1, 0.15) is 10.6 Å². The summed E-state index contributed by atoms with van der Waals surface area (Å²) in [6.07, 6.45) is 0. The van der Waals surface area contributed by atoms with Crippen molar-refractivity contribution in [3.05, 3.63) is 59.3 Å². The zero-order valence-electron chi connectivity index (χ0n) is 17.7. The molecule has 0 unspecified atom stereocenters. The molecule has 8 nitrogen and oxygen atoms in total. The number of esters is 1. The van der Waals surface area contributed by atoms with Gasteiger partial charge < -0.3 is 14.5 Å². The number of ether oxygens (including phenoxy) is 2. The van der Waals surface area contributed by atoms with Crippen LogP contribution in [0.2, 0.25) is 0 Å². The van der Waals surface area contributed by atoms with E-state index in [2.05, 4.69) is 9.71 Å². The average molecular weight is 445 g/mol. The van der Waals surface area contributed by atoms with Crippen molar-refractivity contribution in [1.82, 2.24) is 9.71 Å². The number of carbonyl (C=O) groups excluding carboxylic acids is 2. The highest BCUT2D eigenvalue weighted by Crippen LogP contribution is 2.26. The van der Waals surface area contributed by atoms with Crippen LogP contribution in [0, 0.1) is 6.92 Å². The van der Waals surface area contributed by atoms with Gasteiger partial charge in [0.05, 0.1) is 12.7 Å². The number of rotatable bonds is 8. The van der Waals surface area contributed by atoms with E-state index in [0.717, 1.165) is 10.9 Å². The van der Waals surface area contributed by atoms with Crippen LogP contribution in [0.15, 0.2) is 47.4 Å². The molecule has 0 amide bonds. The summed E-state index contributed by atoms with van der Waals surface area (Å²) in [4.78, 5) is 28.2. The number of H-pyrrole nitrogens is 1. The van der Waals surface area contributed by atoms with Crippen LogP contribution in [0.25, 0.3) is 10.9 Å². The fourth-order valence-corrected chi connectivity index (χ4v) is 4.76. The fourth-order valence-electron chi connectivity index (χ4n) is 3.31. The zero-order valence-corrected chi connectivity index (χ0v) is 18.5. The third-order valence-electron chi connectivity index (χ3n) is 4.59. The number of aryl methyl sites for hydroxylation is 1. The second kappa shape index (κ2) is 8.91. The smallest absolute Gasteiger partial charge is 0.338 e. The molecule has 0 aliphatic heterocycles. The third kappa shape index (κ3) is 4.78. The lowest BCUT2D eigenvalue weighted by molar-refractivity contribution is 0.0474. The lowest BCUT2D eigenvalue weighted by Gasteiger charge is -2.14. The molecule has 0 aliphatic carbocycles. The summed E-state index contributed by atoms with van der Waals surface area (Å²) >= 11 is 0. The van der Waals surface area contributed by atoms with Crippen molar-refractivity contribution < 1.29 is 27.5 Å². The second-order valence-corrected chi connectivity index (χ2v) is 8.99. The molecule has 0 bridgehead atoms. The first-order valence-corrected chi connectivity index (χ1v) is 11.1. The number of aromatic amines is 1. The maximum absolute atomic E-state index is 12.7. The average Bonchev–Trinajstić information content (AvgIpc) is 3.06. The van der Waals surface area contributed by atoms with Crippen LogP contribution in [0.4, 0.5) is 0 Å². The minimum Gasteiger partial charge on any atom is -0.495 e. The van der Waals surface area contributed by atoms with Gasteiger partial charge in [-0.05, 0) is 45.0 Å². The first kappa shape index (κ1) is 22.5. The highest BCUT2D eigenvalue weighted by atomic mass is 32.2. The first-order chi connectivity index (χ1) is 14.6. The number of fused-ring (bicyclic) bond motifs is 1. The lowest BCUT2D eigenvalue weighted by Crippen LogP contribution is -2.30. The molecule has 0 aliphatic rings. The summed E-state index contributed by atoms with van der Waals surface area (Å²) < 4.78 is 37.9. The van der Waals surface area contributed by atoms with E-state index in [1.165, 1.54) is 25.3 Å². The number of ketones is 1. The number of benzene rings is 2. The molecule has 1 aromatic heterocycles. The Morgan fingerprint density at radius 3 is 2.52 bits per heavy atom. The van der Waals surface area contributed by atoms with E-state index in [1.807, 2.05) is 24.3 Å². The highest BCUT2D eigenvalue weighted by Gasteiger charge is 2.24. The first-order valence-electron chi connectivity index (χ1n) is 9.62. The Kier molecular flexibility index (Phi) is 6.47. The number of para-hydroxylation sites is 1. The number of carbonyl (C=O) groups is 2. The van der Waals surface area contributed by atoms with Gasteiger partial charge in [-0.25, -0.2) is 17.9 Å². The summed E-state index contributed by atoms with van der Waals surface area (Å²) in [5, 5.41) is 0.749. The van der Waals surface area contributed by atoms with E-state index in [-0.39, 0.29) is 28.0 Å². The number of hydrogen-bond acceptors (Lipinski definition) is 6. The lowest BCUT2D eigenvalue weighted by atomic mass is 10.1. The van der Waals surface area contributed by atoms with Crippen LogP contribution in [-0.2, 0) is 14.8 Å². The molecule has 0 saturated carbocycles. The molecule has 1 heterocycles. The van der Waals surface area contributed by atoms with Crippen LogP contribution in [0.1, 0.15) is 40.3 Å². The van der Waals surface area contributed by atoms with Crippen molar-refractivity contribution >= 4 is 32.7 Å². The largest absolute Gasteiger partial charge is 0.495 e. The van der Waals surface area contributed by atoms with Gasteiger partial charge in [-0.3, -0.25) is 4.79 Å². The summed E-state index contributed by atoms with van der Waals surface area (Å²) in [6, 6.07) is 10.9. The molecule has 3 rings (SSSR count). The zero-order chi connectivity index (χ0) is 22.8. The topological polar surface area (TPSA) is 115 Å². The van der Waals surface area contributed by atoms with Gasteiger partial charge in [0.2, 0.25) is 15.8 Å². The number of Topliss-reactive ketones (excluding diaryl/α,β-unsaturated/α-hetero) is 1. The summed E-state index contributed by atoms with van der Waals surface area (Å²) in [5.74, 6) is -1.07. The molecular weight excluding hydrogens is 420 g/mol. The highest BCUT2D eigenvalue weighted by molar-refractivity contribution is 7.89. The summed E-state index contributed by atoms with van der Waals surface area (Å²) in [5.41, 5.74) is 1.95. The van der Waals surface area contributed by atoms with Gasteiger partial charge in [-0.15, -0.1) is 0 Å². The predicted molar refractivity (Wildman–Crippen MR) is 116 cm³/mol. The molecule has 9 heteroatoms. The quantitative estimate of drug-likeness (QED) is 0.407. The Labute approximate surface area is 180 Å². The molecule has 164 valence electrons. The van der Waals surface area contributed by atoms with Crippen molar-refractivity contribution in [2.75, 3.05) is 13.7 Å². The van der Waals surface area contributed by atoms with E-state index in [1.54, 1.807) is 20.8 Å². The number of sulfonamides is 1. The standard InChI is InChI=1S/C22H24N2O6S/c1-13(2)24-31(27,28)20-11-15(9-10-19(20)29-4)22(26)30-12-18(25)21-14(3)23-17-8-6-5-7-16(17)21/h5-11,13,23-24H,12H2,1-4H3. The Balaban J connectivity index is 1.81. The van der Waals surface area contributed by atoms with Crippen molar-refractivity contribution in [2.45, 2.75) is 31.7 Å². The molecule has 0 saturated heterocycles. The van der Waals surface area contributed by atoms with E-state index < -0.39 is 22.6 Å². The van der Waals surface area contributed by atoms with Crippen LogP contribution < -0.4 is 9.46 Å². The van der Waals surface area contributed by atoms with Gasteiger partial charge in [-0.1, -0.05) is 18.2 Å². The maximum atomic E-state index is 12.7. The number of aromatic nitrogens is 1. The Bertz CT molecular complexity index is 1240. The van der Waals surface area contributed by atoms with Gasteiger partial charge in [0.25, 0.3) is 0 Å². The molecule has 0 radical (unpaired) electrons. The second-order valence-electron chi connectivity index (χ2n) is 7.31. The molecular formula is C22H24N2O6S. The Hall–Kier alpha value is -3.17. The van der Waals surface area contributed by atoms with E-state index in [0.29, 0.717) is 11.3 Å². The molecule has 31 heavy (non-hydrogen) atoms. The molecule has 2 N–H and O–H groups in total. The van der Waals surface area contributed by atoms with E-state index >= 15 is 0 Å². The van der Waals surface area contributed by atoms with Crippen LogP contribution >= 0.6 is 0 Å². The van der Waals surface area contributed by atoms with E-state index in [9.17, 15) is 18.0 Å². The van der Waals surface area contributed by atoms with Gasteiger partial charge >= 0.3 is 5.97 Å². The molecule has 3 aromatic rings. The van der Waals surface area contributed by atoms with Crippen molar-refractivity contribution in [3.63, 3.8) is 0 Å². The SMILES string of the molecule is COc1ccc(C(=O)OCC(=O)c2c(C)[nH]c3ccccc23)cc1S(=O)(=O)NC(C)C. The van der Waals surface area contributed by atoms with Gasteiger partial charge in [0.15, 0.2) is 6.61 Å². The predicted octanol–water partition coefficient (Wildman–Crippen LogP) is 3.21. The summed E-state index contributed by atoms with van der Waals surface area (Å²) in [6.45, 7) is 4.66. The minimum absolute atomic E-state index is 0.00613. The molecule has 2 aromatic carbocycles. The Morgan fingerprint density at radius 2 is 1.84 bits per heavy atom. The molecule has 0 fully saturated rings.